The Morgan fingerprint density at radius 2 is 2.10 bits per heavy atom. The molecule has 0 saturated heterocycles. The van der Waals surface area contributed by atoms with Crippen molar-refractivity contribution in [3.63, 3.8) is 0 Å². The van der Waals surface area contributed by atoms with Crippen molar-refractivity contribution in [3.05, 3.63) is 34.9 Å². The molecule has 0 amide bonds. The quantitative estimate of drug-likeness (QED) is 0.660. The maximum Gasteiger partial charge on any atom is 0.191 e. The summed E-state index contributed by atoms with van der Waals surface area (Å²) in [5.41, 5.74) is 1.59. The van der Waals surface area contributed by atoms with Crippen LogP contribution >= 0.6 is 11.6 Å². The van der Waals surface area contributed by atoms with Crippen LogP contribution in [0, 0.1) is 0 Å². The van der Waals surface area contributed by atoms with Gasteiger partial charge in [0, 0.05) is 30.1 Å². The molecule has 0 bridgehead atoms. The molecule has 1 aromatic carbocycles. The lowest BCUT2D eigenvalue weighted by atomic mass is 9.96. The summed E-state index contributed by atoms with van der Waals surface area (Å²) < 4.78 is 0. The van der Waals surface area contributed by atoms with E-state index < -0.39 is 0 Å². The predicted octanol–water partition coefficient (Wildman–Crippen LogP) is 3.48. The fraction of sp³-hybridized carbons (Fsp3) is 0.588. The van der Waals surface area contributed by atoms with Gasteiger partial charge in [0.25, 0.3) is 0 Å². The Labute approximate surface area is 132 Å². The van der Waals surface area contributed by atoms with Gasteiger partial charge in [0.15, 0.2) is 5.96 Å². The second kappa shape index (κ2) is 6.27. The van der Waals surface area contributed by atoms with E-state index in [9.17, 15) is 0 Å². The summed E-state index contributed by atoms with van der Waals surface area (Å²) in [6.45, 7) is 0.930. The minimum Gasteiger partial charge on any atom is -0.356 e. The van der Waals surface area contributed by atoms with Gasteiger partial charge in [-0.15, -0.1) is 0 Å². The van der Waals surface area contributed by atoms with Crippen LogP contribution in [0.2, 0.25) is 5.02 Å². The van der Waals surface area contributed by atoms with E-state index in [-0.39, 0.29) is 5.41 Å². The first kappa shape index (κ1) is 14.7. The lowest BCUT2D eigenvalue weighted by Crippen LogP contribution is -2.44. The number of rotatable bonds is 4. The van der Waals surface area contributed by atoms with E-state index in [4.69, 9.17) is 11.6 Å². The van der Waals surface area contributed by atoms with Crippen LogP contribution < -0.4 is 10.6 Å². The van der Waals surface area contributed by atoms with Gasteiger partial charge in [-0.1, -0.05) is 36.6 Å². The highest BCUT2D eigenvalue weighted by atomic mass is 35.5. The first-order valence-corrected chi connectivity index (χ1v) is 8.33. The Morgan fingerprint density at radius 1 is 1.33 bits per heavy atom. The second-order valence-corrected chi connectivity index (χ2v) is 6.78. The fourth-order valence-corrected chi connectivity index (χ4v) is 3.44. The van der Waals surface area contributed by atoms with Gasteiger partial charge in [-0.05, 0) is 43.4 Å². The molecule has 4 heteroatoms. The number of hydrogen-bond donors (Lipinski definition) is 2. The van der Waals surface area contributed by atoms with E-state index in [1.165, 1.54) is 44.1 Å². The average molecular weight is 306 g/mol. The minimum absolute atomic E-state index is 0.248. The van der Waals surface area contributed by atoms with E-state index >= 15 is 0 Å². The number of hydrogen-bond acceptors (Lipinski definition) is 1. The summed E-state index contributed by atoms with van der Waals surface area (Å²) >= 11 is 6.13. The third kappa shape index (κ3) is 3.52. The molecule has 0 atom stereocenters. The Morgan fingerprint density at radius 3 is 2.71 bits per heavy atom. The van der Waals surface area contributed by atoms with Gasteiger partial charge in [0.05, 0.1) is 0 Å². The summed E-state index contributed by atoms with van der Waals surface area (Å²) in [5.74, 6) is 0.940. The largest absolute Gasteiger partial charge is 0.356 e. The van der Waals surface area contributed by atoms with Crippen LogP contribution in [0.25, 0.3) is 0 Å². The predicted molar refractivity (Wildman–Crippen MR) is 89.1 cm³/mol. The number of nitrogens with zero attached hydrogens (tertiary/aromatic N) is 1. The molecule has 0 heterocycles. The fourth-order valence-electron chi connectivity index (χ4n) is 3.25. The molecule has 0 aromatic heterocycles. The van der Waals surface area contributed by atoms with Crippen molar-refractivity contribution in [1.29, 1.82) is 0 Å². The zero-order valence-electron chi connectivity index (χ0n) is 12.7. The van der Waals surface area contributed by atoms with Crippen LogP contribution in [-0.4, -0.2) is 25.6 Å². The third-order valence-corrected chi connectivity index (χ3v) is 5.04. The standard InChI is InChI=1S/C17H24ClN3/c1-19-16(21-15-7-2-3-8-15)20-12-17(9-10-17)13-5-4-6-14(18)11-13/h4-6,11,15H,2-3,7-10,12H2,1H3,(H2,19,20,21). The van der Waals surface area contributed by atoms with Gasteiger partial charge >= 0.3 is 0 Å². The van der Waals surface area contributed by atoms with E-state index in [0.717, 1.165) is 17.5 Å². The highest BCUT2D eigenvalue weighted by Crippen LogP contribution is 2.48. The first-order valence-electron chi connectivity index (χ1n) is 7.95. The summed E-state index contributed by atoms with van der Waals surface area (Å²) in [6, 6.07) is 8.87. The van der Waals surface area contributed by atoms with Gasteiger partial charge < -0.3 is 10.6 Å². The van der Waals surface area contributed by atoms with E-state index in [0.29, 0.717) is 6.04 Å². The molecule has 2 aliphatic carbocycles. The summed E-state index contributed by atoms with van der Waals surface area (Å²) in [5, 5.41) is 7.88. The second-order valence-electron chi connectivity index (χ2n) is 6.34. The number of benzene rings is 1. The van der Waals surface area contributed by atoms with Crippen molar-refractivity contribution in [2.24, 2.45) is 4.99 Å². The molecule has 0 aliphatic heterocycles. The molecule has 0 unspecified atom stereocenters. The Hall–Kier alpha value is -1.22. The molecule has 0 spiro atoms. The Balaban J connectivity index is 1.58. The van der Waals surface area contributed by atoms with Gasteiger partial charge in [0.1, 0.15) is 0 Å². The Kier molecular flexibility index (Phi) is 4.39. The van der Waals surface area contributed by atoms with Gasteiger partial charge in [0.2, 0.25) is 0 Å². The van der Waals surface area contributed by atoms with E-state index in [1.807, 2.05) is 19.2 Å². The number of halogens is 1. The molecule has 2 saturated carbocycles. The third-order valence-electron chi connectivity index (χ3n) is 4.80. The summed E-state index contributed by atoms with van der Waals surface area (Å²) in [4.78, 5) is 4.36. The number of aliphatic imine (C=N–C) groups is 1. The molecule has 3 nitrogen and oxygen atoms in total. The first-order chi connectivity index (χ1) is 10.2. The molecule has 2 N–H and O–H groups in total. The van der Waals surface area contributed by atoms with Crippen LogP contribution in [0.15, 0.2) is 29.3 Å². The van der Waals surface area contributed by atoms with E-state index in [2.05, 4.69) is 27.8 Å². The van der Waals surface area contributed by atoms with Crippen LogP contribution in [0.1, 0.15) is 44.1 Å². The highest BCUT2D eigenvalue weighted by molar-refractivity contribution is 6.30. The normalized spacial score (nSPS) is 21.3. The van der Waals surface area contributed by atoms with Gasteiger partial charge in [-0.3, -0.25) is 4.99 Å². The molecule has 0 radical (unpaired) electrons. The maximum absolute atomic E-state index is 6.13. The minimum atomic E-state index is 0.248. The zero-order valence-corrected chi connectivity index (χ0v) is 13.4. The molecular weight excluding hydrogens is 282 g/mol. The molecule has 3 rings (SSSR count). The number of guanidine groups is 1. The van der Waals surface area contributed by atoms with Crippen molar-refractivity contribution in [2.75, 3.05) is 13.6 Å². The highest BCUT2D eigenvalue weighted by Gasteiger charge is 2.44. The lowest BCUT2D eigenvalue weighted by Gasteiger charge is -2.21. The zero-order chi connectivity index (χ0) is 14.7. The molecule has 114 valence electrons. The molecular formula is C17H24ClN3. The van der Waals surface area contributed by atoms with Crippen LogP contribution in [0.5, 0.6) is 0 Å². The van der Waals surface area contributed by atoms with Crippen LogP contribution in [-0.2, 0) is 5.41 Å². The van der Waals surface area contributed by atoms with Crippen molar-refractivity contribution < 1.29 is 0 Å². The molecule has 1 aromatic rings. The molecule has 21 heavy (non-hydrogen) atoms. The lowest BCUT2D eigenvalue weighted by molar-refractivity contribution is 0.594. The smallest absolute Gasteiger partial charge is 0.191 e. The average Bonchev–Trinajstić information content (AvgIpc) is 3.12. The summed E-state index contributed by atoms with van der Waals surface area (Å²) in [6.07, 6.45) is 7.64. The van der Waals surface area contributed by atoms with Gasteiger partial charge in [-0.25, -0.2) is 0 Å². The van der Waals surface area contributed by atoms with Crippen molar-refractivity contribution >= 4 is 17.6 Å². The number of nitrogens with one attached hydrogen (secondary N) is 2. The topological polar surface area (TPSA) is 36.4 Å². The monoisotopic (exact) mass is 305 g/mol. The van der Waals surface area contributed by atoms with Crippen molar-refractivity contribution in [3.8, 4) is 0 Å². The Bertz CT molecular complexity index is 517. The maximum atomic E-state index is 6.13. The summed E-state index contributed by atoms with van der Waals surface area (Å²) in [7, 11) is 1.85. The van der Waals surface area contributed by atoms with Crippen molar-refractivity contribution in [1.82, 2.24) is 10.6 Å². The molecule has 2 aliphatic rings. The van der Waals surface area contributed by atoms with Gasteiger partial charge in [-0.2, -0.15) is 0 Å². The van der Waals surface area contributed by atoms with Crippen molar-refractivity contribution in [2.45, 2.75) is 50.0 Å². The van der Waals surface area contributed by atoms with Crippen LogP contribution in [0.4, 0.5) is 0 Å². The SMILES string of the molecule is CN=C(NCC1(c2cccc(Cl)c2)CC1)NC1CCCC1. The van der Waals surface area contributed by atoms with Crippen LogP contribution in [0.3, 0.4) is 0 Å². The molecule has 2 fully saturated rings. The van der Waals surface area contributed by atoms with E-state index in [1.54, 1.807) is 0 Å².